The number of nitrogens with one attached hydrogen (secondary N) is 2. The van der Waals surface area contributed by atoms with Gasteiger partial charge >= 0.3 is 0 Å². The van der Waals surface area contributed by atoms with Crippen LogP contribution in [0.2, 0.25) is 0 Å². The molecule has 138 valence electrons. The van der Waals surface area contributed by atoms with Gasteiger partial charge in [0.15, 0.2) is 0 Å². The smallest absolute Gasteiger partial charge is 0.241 e. The molecule has 1 aliphatic rings. The number of hydrogen-bond donors (Lipinski definition) is 2. The molecule has 0 spiro atoms. The van der Waals surface area contributed by atoms with Gasteiger partial charge in [-0.3, -0.25) is 9.59 Å². The zero-order valence-electron chi connectivity index (χ0n) is 14.2. The molecule has 2 aromatic rings. The summed E-state index contributed by atoms with van der Waals surface area (Å²) in [5, 5.41) is 2.57. The fraction of sp³-hybridized carbons (Fsp3) is 0.294. The number of rotatable bonds is 6. The lowest BCUT2D eigenvalue weighted by Crippen LogP contribution is -2.36. The second kappa shape index (κ2) is 7.30. The largest absolute Gasteiger partial charge is 0.467 e. The lowest BCUT2D eigenvalue weighted by molar-refractivity contribution is -0.120. The van der Waals surface area contributed by atoms with E-state index < -0.39 is 15.9 Å². The summed E-state index contributed by atoms with van der Waals surface area (Å²) in [6, 6.07) is 8.00. The molecule has 2 heterocycles. The first-order valence-electron chi connectivity index (χ1n) is 8.06. The maximum absolute atomic E-state index is 12.4. The zero-order chi connectivity index (χ0) is 18.7. The molecule has 9 heteroatoms. The van der Waals surface area contributed by atoms with Crippen LogP contribution in [-0.2, 0) is 32.6 Å². The number of nitrogens with zero attached hydrogens (tertiary/aromatic N) is 1. The van der Waals surface area contributed by atoms with Crippen LogP contribution in [-0.4, -0.2) is 33.3 Å². The van der Waals surface area contributed by atoms with E-state index in [2.05, 4.69) is 10.0 Å². The van der Waals surface area contributed by atoms with E-state index in [9.17, 15) is 18.0 Å². The highest BCUT2D eigenvalue weighted by Crippen LogP contribution is 2.30. The summed E-state index contributed by atoms with van der Waals surface area (Å²) in [5.41, 5.74) is 1.53. The summed E-state index contributed by atoms with van der Waals surface area (Å²) in [5.74, 6) is 0.0365. The summed E-state index contributed by atoms with van der Waals surface area (Å²) in [4.78, 5) is 25.0. The Morgan fingerprint density at radius 3 is 2.77 bits per heavy atom. The van der Waals surface area contributed by atoms with Crippen molar-refractivity contribution in [3.63, 3.8) is 0 Å². The van der Waals surface area contributed by atoms with Gasteiger partial charge in [-0.1, -0.05) is 0 Å². The molecule has 0 unspecified atom stereocenters. The van der Waals surface area contributed by atoms with Gasteiger partial charge in [0.25, 0.3) is 0 Å². The molecule has 2 amide bonds. The number of carbonyl (C=O) groups is 2. The van der Waals surface area contributed by atoms with Crippen LogP contribution in [0.3, 0.4) is 0 Å². The highest BCUT2D eigenvalue weighted by Gasteiger charge is 2.25. The van der Waals surface area contributed by atoms with Crippen LogP contribution in [0.5, 0.6) is 0 Å². The second-order valence-electron chi connectivity index (χ2n) is 5.89. The van der Waals surface area contributed by atoms with Gasteiger partial charge in [0.1, 0.15) is 5.76 Å². The number of furan rings is 1. The van der Waals surface area contributed by atoms with Crippen LogP contribution < -0.4 is 14.9 Å². The van der Waals surface area contributed by atoms with E-state index in [1.807, 2.05) is 0 Å². The third kappa shape index (κ3) is 3.94. The van der Waals surface area contributed by atoms with E-state index in [1.165, 1.54) is 19.3 Å². The van der Waals surface area contributed by atoms with Gasteiger partial charge in [0.2, 0.25) is 21.8 Å². The van der Waals surface area contributed by atoms with Crippen LogP contribution in [0, 0.1) is 0 Å². The van der Waals surface area contributed by atoms with Crippen molar-refractivity contribution < 1.29 is 22.4 Å². The van der Waals surface area contributed by atoms with Gasteiger partial charge in [0.05, 0.1) is 24.2 Å². The van der Waals surface area contributed by atoms with E-state index in [0.29, 0.717) is 18.7 Å². The van der Waals surface area contributed by atoms with Crippen molar-refractivity contribution in [3.05, 3.63) is 47.9 Å². The molecule has 1 aliphatic heterocycles. The quantitative estimate of drug-likeness (QED) is 0.773. The van der Waals surface area contributed by atoms with Crippen molar-refractivity contribution in [1.29, 1.82) is 0 Å². The summed E-state index contributed by atoms with van der Waals surface area (Å²) < 4.78 is 32.2. The summed E-state index contributed by atoms with van der Waals surface area (Å²) in [7, 11) is -3.82. The van der Waals surface area contributed by atoms with E-state index in [0.717, 1.165) is 11.3 Å². The molecular formula is C17H19N3O5S. The summed E-state index contributed by atoms with van der Waals surface area (Å²) in [6.45, 7) is 1.83. The van der Waals surface area contributed by atoms with E-state index >= 15 is 0 Å². The fourth-order valence-corrected chi connectivity index (χ4v) is 3.81. The van der Waals surface area contributed by atoms with Gasteiger partial charge in [-0.25, -0.2) is 13.1 Å². The third-order valence-electron chi connectivity index (χ3n) is 4.10. The molecular weight excluding hydrogens is 358 g/mol. The molecule has 2 N–H and O–H groups in total. The Labute approximate surface area is 151 Å². The van der Waals surface area contributed by atoms with Crippen molar-refractivity contribution in [2.45, 2.75) is 24.8 Å². The molecule has 26 heavy (non-hydrogen) atoms. The molecule has 0 bridgehead atoms. The van der Waals surface area contributed by atoms with Crippen molar-refractivity contribution >= 4 is 27.5 Å². The normalized spacial score (nSPS) is 13.5. The predicted octanol–water partition coefficient (Wildman–Crippen LogP) is 0.783. The first-order valence-corrected chi connectivity index (χ1v) is 9.55. The minimum absolute atomic E-state index is 0.0699. The number of anilines is 1. The Morgan fingerprint density at radius 1 is 1.27 bits per heavy atom. The molecule has 1 aromatic heterocycles. The molecule has 0 radical (unpaired) electrons. The van der Waals surface area contributed by atoms with Crippen LogP contribution in [0.1, 0.15) is 18.2 Å². The van der Waals surface area contributed by atoms with Gasteiger partial charge in [-0.15, -0.1) is 0 Å². The third-order valence-corrected chi connectivity index (χ3v) is 5.50. The number of amides is 2. The van der Waals surface area contributed by atoms with Gasteiger partial charge in [-0.05, 0) is 42.3 Å². The summed E-state index contributed by atoms with van der Waals surface area (Å²) in [6.07, 6.45) is 2.09. The van der Waals surface area contributed by atoms with Crippen molar-refractivity contribution in [2.24, 2.45) is 0 Å². The lowest BCUT2D eigenvalue weighted by atomic mass is 10.2. The first-order chi connectivity index (χ1) is 12.4. The number of hydrogen-bond acceptors (Lipinski definition) is 5. The van der Waals surface area contributed by atoms with Crippen LogP contribution >= 0.6 is 0 Å². The van der Waals surface area contributed by atoms with E-state index in [-0.39, 0.29) is 23.9 Å². The molecule has 3 rings (SSSR count). The average Bonchev–Trinajstić information content (AvgIpc) is 3.26. The molecule has 0 atom stereocenters. The average molecular weight is 377 g/mol. The number of fused-ring (bicyclic) bond motifs is 1. The first kappa shape index (κ1) is 18.2. The SMILES string of the molecule is CC(=O)N1CCc2cc(S(=O)(=O)NCC(=O)NCc3ccco3)ccc21. The number of sulfonamides is 1. The number of carbonyl (C=O) groups excluding carboxylic acids is 2. The van der Waals surface area contributed by atoms with Crippen LogP contribution in [0.4, 0.5) is 5.69 Å². The maximum atomic E-state index is 12.4. The zero-order valence-corrected chi connectivity index (χ0v) is 15.0. The summed E-state index contributed by atoms with van der Waals surface area (Å²) >= 11 is 0. The monoisotopic (exact) mass is 377 g/mol. The molecule has 0 aliphatic carbocycles. The topological polar surface area (TPSA) is 109 Å². The predicted molar refractivity (Wildman–Crippen MR) is 93.9 cm³/mol. The number of benzene rings is 1. The van der Waals surface area contributed by atoms with Crippen LogP contribution in [0.15, 0.2) is 45.9 Å². The van der Waals surface area contributed by atoms with Crippen molar-refractivity contribution in [2.75, 3.05) is 18.0 Å². The van der Waals surface area contributed by atoms with Crippen LogP contribution in [0.25, 0.3) is 0 Å². The Morgan fingerprint density at radius 2 is 2.08 bits per heavy atom. The van der Waals surface area contributed by atoms with Crippen molar-refractivity contribution in [3.8, 4) is 0 Å². The lowest BCUT2D eigenvalue weighted by Gasteiger charge is -2.15. The Bertz CT molecular complexity index is 922. The Kier molecular flexibility index (Phi) is 5.10. The standard InChI is InChI=1S/C17H19N3O5S/c1-12(21)20-7-6-13-9-15(4-5-16(13)20)26(23,24)19-11-17(22)18-10-14-3-2-8-25-14/h2-5,8-9,19H,6-7,10-11H2,1H3,(H,18,22). The second-order valence-corrected chi connectivity index (χ2v) is 7.66. The minimum Gasteiger partial charge on any atom is -0.467 e. The molecule has 0 saturated carbocycles. The fourth-order valence-electron chi connectivity index (χ4n) is 2.78. The van der Waals surface area contributed by atoms with Gasteiger partial charge in [0, 0.05) is 19.2 Å². The minimum atomic E-state index is -3.82. The van der Waals surface area contributed by atoms with E-state index in [4.69, 9.17) is 4.42 Å². The van der Waals surface area contributed by atoms with Gasteiger partial charge < -0.3 is 14.6 Å². The van der Waals surface area contributed by atoms with E-state index in [1.54, 1.807) is 29.2 Å². The van der Waals surface area contributed by atoms with Crippen molar-refractivity contribution in [1.82, 2.24) is 10.0 Å². The molecule has 8 nitrogen and oxygen atoms in total. The molecule has 0 saturated heterocycles. The Hall–Kier alpha value is -2.65. The van der Waals surface area contributed by atoms with Gasteiger partial charge in [-0.2, -0.15) is 0 Å². The molecule has 0 fully saturated rings. The maximum Gasteiger partial charge on any atom is 0.241 e. The Balaban J connectivity index is 1.61. The molecule has 1 aromatic carbocycles. The highest BCUT2D eigenvalue weighted by atomic mass is 32.2. The highest BCUT2D eigenvalue weighted by molar-refractivity contribution is 7.89.